The van der Waals surface area contributed by atoms with Gasteiger partial charge in [0.2, 0.25) is 0 Å². The van der Waals surface area contributed by atoms with Crippen molar-refractivity contribution in [3.63, 3.8) is 0 Å². The Labute approximate surface area is 111 Å². The van der Waals surface area contributed by atoms with Crippen molar-refractivity contribution in [3.8, 4) is 0 Å². The van der Waals surface area contributed by atoms with E-state index in [0.29, 0.717) is 12.1 Å². The van der Waals surface area contributed by atoms with Gasteiger partial charge in [-0.05, 0) is 52.5 Å². The number of carbonyl (C=O) groups is 1. The first-order valence-electron chi connectivity index (χ1n) is 7.07. The zero-order valence-electron chi connectivity index (χ0n) is 12.2. The lowest BCUT2D eigenvalue weighted by Crippen LogP contribution is -2.57. The monoisotopic (exact) mass is 256 g/mol. The third-order valence-electron chi connectivity index (χ3n) is 3.97. The number of esters is 1. The number of hydrogen-bond acceptors (Lipinski definition) is 4. The maximum atomic E-state index is 11.8. The summed E-state index contributed by atoms with van der Waals surface area (Å²) in [6.07, 6.45) is 4.73. The molecule has 1 fully saturated rings. The number of ether oxygens (including phenoxy) is 1. The quantitative estimate of drug-likeness (QED) is 0.764. The predicted octanol–water partition coefficient (Wildman–Crippen LogP) is 1.92. The van der Waals surface area contributed by atoms with Gasteiger partial charge in [0.05, 0.1) is 7.11 Å². The summed E-state index contributed by atoms with van der Waals surface area (Å²) in [6.45, 7) is 7.68. The lowest BCUT2D eigenvalue weighted by Gasteiger charge is -2.42. The van der Waals surface area contributed by atoms with Crippen molar-refractivity contribution in [3.05, 3.63) is 0 Å². The van der Waals surface area contributed by atoms with Gasteiger partial charge in [0.1, 0.15) is 5.54 Å². The molecule has 0 aromatic rings. The first-order valence-corrected chi connectivity index (χ1v) is 7.07. The van der Waals surface area contributed by atoms with E-state index in [1.54, 1.807) is 0 Å². The Morgan fingerprint density at radius 2 is 2.22 bits per heavy atom. The second-order valence-electron chi connectivity index (χ2n) is 5.73. The summed E-state index contributed by atoms with van der Waals surface area (Å²) in [5, 5.41) is 0. The summed E-state index contributed by atoms with van der Waals surface area (Å²) in [6, 6.07) is 0.901. The predicted molar refractivity (Wildman–Crippen MR) is 73.3 cm³/mol. The van der Waals surface area contributed by atoms with Crippen molar-refractivity contribution in [2.75, 3.05) is 13.7 Å². The highest BCUT2D eigenvalue weighted by atomic mass is 16.5. The minimum atomic E-state index is -0.779. The fourth-order valence-corrected chi connectivity index (χ4v) is 3.07. The highest BCUT2D eigenvalue weighted by molar-refractivity contribution is 5.80. The SMILES string of the molecule is CCCN(C(C)C)C1CCCC(N)(C(=O)OC)C1. The molecule has 1 saturated carbocycles. The highest BCUT2D eigenvalue weighted by Crippen LogP contribution is 2.31. The Kier molecular flexibility index (Phi) is 5.60. The number of methoxy groups -OCH3 is 1. The standard InChI is InChI=1S/C14H28N2O2/c1-5-9-16(11(2)3)12-7-6-8-14(15,10-12)13(17)18-4/h11-12H,5-10,15H2,1-4H3. The van der Waals surface area contributed by atoms with Crippen LogP contribution in [0.4, 0.5) is 0 Å². The second kappa shape index (κ2) is 6.53. The van der Waals surface area contributed by atoms with E-state index in [1.807, 2.05) is 0 Å². The van der Waals surface area contributed by atoms with Crippen LogP contribution in [0.5, 0.6) is 0 Å². The maximum absolute atomic E-state index is 11.8. The van der Waals surface area contributed by atoms with Gasteiger partial charge in [-0.25, -0.2) is 0 Å². The molecule has 4 nitrogen and oxygen atoms in total. The Balaban J connectivity index is 2.75. The number of carbonyl (C=O) groups excluding carboxylic acids is 1. The van der Waals surface area contributed by atoms with Gasteiger partial charge in [-0.2, -0.15) is 0 Å². The van der Waals surface area contributed by atoms with Gasteiger partial charge in [-0.3, -0.25) is 9.69 Å². The average molecular weight is 256 g/mol. The minimum absolute atomic E-state index is 0.257. The van der Waals surface area contributed by atoms with E-state index in [4.69, 9.17) is 10.5 Å². The van der Waals surface area contributed by atoms with Gasteiger partial charge in [-0.15, -0.1) is 0 Å². The van der Waals surface area contributed by atoms with Crippen molar-refractivity contribution in [2.45, 2.75) is 70.5 Å². The Hall–Kier alpha value is -0.610. The largest absolute Gasteiger partial charge is 0.468 e. The van der Waals surface area contributed by atoms with Gasteiger partial charge in [0.15, 0.2) is 0 Å². The minimum Gasteiger partial charge on any atom is -0.468 e. The molecular formula is C14H28N2O2. The molecule has 0 radical (unpaired) electrons. The molecule has 0 heterocycles. The molecule has 0 aliphatic heterocycles. The third-order valence-corrected chi connectivity index (χ3v) is 3.97. The molecule has 0 saturated heterocycles. The van der Waals surface area contributed by atoms with Crippen molar-refractivity contribution < 1.29 is 9.53 Å². The van der Waals surface area contributed by atoms with Crippen LogP contribution in [-0.2, 0) is 9.53 Å². The van der Waals surface area contributed by atoms with Crippen molar-refractivity contribution in [2.24, 2.45) is 5.73 Å². The summed E-state index contributed by atoms with van der Waals surface area (Å²) >= 11 is 0. The van der Waals surface area contributed by atoms with E-state index in [-0.39, 0.29) is 5.97 Å². The molecular weight excluding hydrogens is 228 g/mol. The van der Waals surface area contributed by atoms with E-state index in [0.717, 1.165) is 38.6 Å². The molecule has 1 rings (SSSR count). The summed E-state index contributed by atoms with van der Waals surface area (Å²) < 4.78 is 4.86. The molecule has 0 amide bonds. The Morgan fingerprint density at radius 3 is 2.72 bits per heavy atom. The molecule has 0 bridgehead atoms. The van der Waals surface area contributed by atoms with E-state index >= 15 is 0 Å². The molecule has 0 aromatic heterocycles. The van der Waals surface area contributed by atoms with Gasteiger partial charge in [0.25, 0.3) is 0 Å². The molecule has 2 atom stereocenters. The smallest absolute Gasteiger partial charge is 0.325 e. The topological polar surface area (TPSA) is 55.6 Å². The van der Waals surface area contributed by atoms with Gasteiger partial charge in [-0.1, -0.05) is 6.92 Å². The fourth-order valence-electron chi connectivity index (χ4n) is 3.07. The summed E-state index contributed by atoms with van der Waals surface area (Å²) in [4.78, 5) is 14.3. The van der Waals surface area contributed by atoms with Crippen LogP contribution < -0.4 is 5.73 Å². The molecule has 0 aromatic carbocycles. The summed E-state index contributed by atoms with van der Waals surface area (Å²) in [5.41, 5.74) is 5.46. The number of nitrogens with two attached hydrogens (primary N) is 1. The molecule has 2 N–H and O–H groups in total. The van der Waals surface area contributed by atoms with Crippen LogP contribution in [-0.4, -0.2) is 42.1 Å². The van der Waals surface area contributed by atoms with E-state index in [2.05, 4.69) is 25.7 Å². The maximum Gasteiger partial charge on any atom is 0.325 e. The average Bonchev–Trinajstić information content (AvgIpc) is 2.34. The van der Waals surface area contributed by atoms with Crippen LogP contribution >= 0.6 is 0 Å². The van der Waals surface area contributed by atoms with Gasteiger partial charge in [0, 0.05) is 12.1 Å². The van der Waals surface area contributed by atoms with Crippen LogP contribution in [0.25, 0.3) is 0 Å². The summed E-state index contributed by atoms with van der Waals surface area (Å²) in [7, 11) is 1.42. The van der Waals surface area contributed by atoms with Crippen LogP contribution in [0, 0.1) is 0 Å². The van der Waals surface area contributed by atoms with Crippen molar-refractivity contribution in [1.82, 2.24) is 4.90 Å². The molecule has 1 aliphatic rings. The molecule has 106 valence electrons. The van der Waals surface area contributed by atoms with Crippen LogP contribution in [0.1, 0.15) is 52.9 Å². The molecule has 4 heteroatoms. The van der Waals surface area contributed by atoms with Crippen LogP contribution in [0.15, 0.2) is 0 Å². The fraction of sp³-hybridized carbons (Fsp3) is 0.929. The van der Waals surface area contributed by atoms with Gasteiger partial charge >= 0.3 is 5.97 Å². The number of nitrogens with zero attached hydrogens (tertiary/aromatic N) is 1. The summed E-state index contributed by atoms with van der Waals surface area (Å²) in [5.74, 6) is -0.257. The number of hydrogen-bond donors (Lipinski definition) is 1. The zero-order valence-corrected chi connectivity index (χ0v) is 12.2. The van der Waals surface area contributed by atoms with Crippen molar-refractivity contribution >= 4 is 5.97 Å². The normalized spacial score (nSPS) is 28.7. The van der Waals surface area contributed by atoms with E-state index in [9.17, 15) is 4.79 Å². The van der Waals surface area contributed by atoms with Crippen LogP contribution in [0.2, 0.25) is 0 Å². The third kappa shape index (κ3) is 3.45. The van der Waals surface area contributed by atoms with E-state index < -0.39 is 5.54 Å². The first-order chi connectivity index (χ1) is 8.44. The molecule has 18 heavy (non-hydrogen) atoms. The lowest BCUT2D eigenvalue weighted by atomic mass is 9.78. The number of rotatable bonds is 5. The lowest BCUT2D eigenvalue weighted by molar-refractivity contribution is -0.149. The molecule has 2 unspecified atom stereocenters. The zero-order chi connectivity index (χ0) is 13.8. The highest BCUT2D eigenvalue weighted by Gasteiger charge is 2.42. The van der Waals surface area contributed by atoms with Crippen LogP contribution in [0.3, 0.4) is 0 Å². The van der Waals surface area contributed by atoms with Gasteiger partial charge < -0.3 is 10.5 Å². The van der Waals surface area contributed by atoms with Crippen molar-refractivity contribution in [1.29, 1.82) is 0 Å². The Bertz CT molecular complexity index is 281. The Morgan fingerprint density at radius 1 is 1.56 bits per heavy atom. The van der Waals surface area contributed by atoms with E-state index in [1.165, 1.54) is 7.11 Å². The molecule has 1 aliphatic carbocycles. The second-order valence-corrected chi connectivity index (χ2v) is 5.73. The first kappa shape index (κ1) is 15.4. The molecule has 0 spiro atoms.